The molecular formula is C21H24ClN3O2. The lowest BCUT2D eigenvalue weighted by Crippen LogP contribution is -2.29. The average molecular weight is 386 g/mol. The van der Waals surface area contributed by atoms with E-state index in [1.54, 1.807) is 19.4 Å². The van der Waals surface area contributed by atoms with Crippen LogP contribution in [0.15, 0.2) is 48.8 Å². The molecule has 0 aliphatic rings. The molecule has 3 aromatic rings. The first-order chi connectivity index (χ1) is 13.0. The van der Waals surface area contributed by atoms with Crippen LogP contribution in [0.1, 0.15) is 37.4 Å². The molecule has 6 heteroatoms. The molecule has 5 nitrogen and oxygen atoms in total. The monoisotopic (exact) mass is 385 g/mol. The molecule has 1 aromatic carbocycles. The van der Waals surface area contributed by atoms with Crippen LogP contribution in [0.3, 0.4) is 0 Å². The first-order valence-corrected chi connectivity index (χ1v) is 9.39. The van der Waals surface area contributed by atoms with Crippen molar-refractivity contribution < 1.29 is 9.53 Å². The standard InChI is InChI=1S/C21H24ClN3O2/c1-14(2)11-24-21(26)10-17(16-6-4-5-7-19(16)27-3)18-12-23-20-9-8-15(22)13-25(18)20/h4-9,12-14,17H,10-11H2,1-3H3,(H,24,26). The predicted molar refractivity (Wildman–Crippen MR) is 108 cm³/mol. The van der Waals surface area contributed by atoms with Gasteiger partial charge in [-0.3, -0.25) is 4.79 Å². The van der Waals surface area contributed by atoms with Crippen LogP contribution >= 0.6 is 11.6 Å². The second kappa shape index (κ2) is 8.44. The molecule has 0 fully saturated rings. The molecule has 0 bridgehead atoms. The molecule has 27 heavy (non-hydrogen) atoms. The first kappa shape index (κ1) is 19.2. The Kier molecular flexibility index (Phi) is 6.01. The highest BCUT2D eigenvalue weighted by Gasteiger charge is 2.24. The Balaban J connectivity index is 2.03. The minimum absolute atomic E-state index is 0.00316. The maximum Gasteiger partial charge on any atom is 0.221 e. The van der Waals surface area contributed by atoms with Crippen LogP contribution < -0.4 is 10.1 Å². The molecule has 1 amide bonds. The highest BCUT2D eigenvalue weighted by atomic mass is 35.5. The Hall–Kier alpha value is -2.53. The van der Waals surface area contributed by atoms with Gasteiger partial charge in [-0.05, 0) is 24.1 Å². The summed E-state index contributed by atoms with van der Waals surface area (Å²) in [4.78, 5) is 17.1. The van der Waals surface area contributed by atoms with E-state index in [2.05, 4.69) is 24.1 Å². The third-order valence-electron chi connectivity index (χ3n) is 4.47. The molecule has 1 unspecified atom stereocenters. The number of pyridine rings is 1. The van der Waals surface area contributed by atoms with Crippen molar-refractivity contribution in [2.45, 2.75) is 26.2 Å². The van der Waals surface area contributed by atoms with Crippen LogP contribution in [0.5, 0.6) is 5.75 Å². The van der Waals surface area contributed by atoms with Crippen LogP contribution in [0, 0.1) is 5.92 Å². The number of benzene rings is 1. The third-order valence-corrected chi connectivity index (χ3v) is 4.69. The fourth-order valence-electron chi connectivity index (χ4n) is 3.13. The Morgan fingerprint density at radius 1 is 1.26 bits per heavy atom. The summed E-state index contributed by atoms with van der Waals surface area (Å²) < 4.78 is 7.49. The summed E-state index contributed by atoms with van der Waals surface area (Å²) in [5, 5.41) is 3.62. The van der Waals surface area contributed by atoms with Gasteiger partial charge in [0.15, 0.2) is 0 Å². The number of amides is 1. The Morgan fingerprint density at radius 2 is 2.04 bits per heavy atom. The second-order valence-corrected chi connectivity index (χ2v) is 7.39. The van der Waals surface area contributed by atoms with Gasteiger partial charge in [0.25, 0.3) is 0 Å². The van der Waals surface area contributed by atoms with Crippen molar-refractivity contribution in [3.8, 4) is 5.75 Å². The zero-order valence-electron chi connectivity index (χ0n) is 15.8. The molecular weight excluding hydrogens is 362 g/mol. The minimum atomic E-state index is -0.207. The van der Waals surface area contributed by atoms with E-state index in [4.69, 9.17) is 16.3 Å². The average Bonchev–Trinajstić information content (AvgIpc) is 3.07. The number of carbonyl (C=O) groups is 1. The molecule has 0 radical (unpaired) electrons. The number of imidazole rings is 1. The van der Waals surface area contributed by atoms with Crippen LogP contribution in [-0.2, 0) is 4.79 Å². The van der Waals surface area contributed by atoms with Gasteiger partial charge in [-0.25, -0.2) is 4.98 Å². The van der Waals surface area contributed by atoms with Gasteiger partial charge in [-0.2, -0.15) is 0 Å². The molecule has 3 rings (SSSR count). The molecule has 1 atom stereocenters. The SMILES string of the molecule is COc1ccccc1C(CC(=O)NCC(C)C)c1cnc2ccc(Cl)cn12. The number of carbonyl (C=O) groups excluding carboxylic acids is 1. The highest BCUT2D eigenvalue weighted by molar-refractivity contribution is 6.30. The van der Waals surface area contributed by atoms with Crippen molar-refractivity contribution in [3.05, 3.63) is 65.1 Å². The van der Waals surface area contributed by atoms with E-state index in [0.29, 0.717) is 23.9 Å². The first-order valence-electron chi connectivity index (χ1n) is 9.01. The lowest BCUT2D eigenvalue weighted by atomic mass is 9.91. The van der Waals surface area contributed by atoms with E-state index in [1.165, 1.54) is 0 Å². The quantitative estimate of drug-likeness (QED) is 0.660. The van der Waals surface area contributed by atoms with Crippen LogP contribution in [-0.4, -0.2) is 28.9 Å². The summed E-state index contributed by atoms with van der Waals surface area (Å²) in [5.74, 6) is 0.933. The summed E-state index contributed by atoms with van der Waals surface area (Å²) in [6, 6.07) is 11.4. The van der Waals surface area contributed by atoms with E-state index in [-0.39, 0.29) is 11.8 Å². The smallest absolute Gasteiger partial charge is 0.221 e. The fraction of sp³-hybridized carbons (Fsp3) is 0.333. The molecule has 142 valence electrons. The summed E-state index contributed by atoms with van der Waals surface area (Å²) in [6.45, 7) is 4.80. The molecule has 1 N–H and O–H groups in total. The number of para-hydroxylation sites is 1. The second-order valence-electron chi connectivity index (χ2n) is 6.96. The number of rotatable bonds is 7. The van der Waals surface area contributed by atoms with Crippen LogP contribution in [0.2, 0.25) is 5.02 Å². The number of aromatic nitrogens is 2. The number of ether oxygens (including phenoxy) is 1. The molecule has 2 heterocycles. The largest absolute Gasteiger partial charge is 0.496 e. The van der Waals surface area contributed by atoms with Gasteiger partial charge in [-0.1, -0.05) is 43.6 Å². The number of nitrogens with one attached hydrogen (secondary N) is 1. The van der Waals surface area contributed by atoms with Gasteiger partial charge in [0.2, 0.25) is 5.91 Å². The number of fused-ring (bicyclic) bond motifs is 1. The van der Waals surface area contributed by atoms with Crippen LogP contribution in [0.25, 0.3) is 5.65 Å². The number of hydrogen-bond acceptors (Lipinski definition) is 3. The van der Waals surface area contributed by atoms with E-state index < -0.39 is 0 Å². The molecule has 0 aliphatic heterocycles. The fourth-order valence-corrected chi connectivity index (χ4v) is 3.30. The number of halogens is 1. The lowest BCUT2D eigenvalue weighted by molar-refractivity contribution is -0.121. The minimum Gasteiger partial charge on any atom is -0.496 e. The zero-order valence-corrected chi connectivity index (χ0v) is 16.5. The number of methoxy groups -OCH3 is 1. The van der Waals surface area contributed by atoms with E-state index in [1.807, 2.05) is 40.9 Å². The Morgan fingerprint density at radius 3 is 2.78 bits per heavy atom. The molecule has 0 saturated carbocycles. The van der Waals surface area contributed by atoms with Crippen molar-refractivity contribution in [3.63, 3.8) is 0 Å². The zero-order chi connectivity index (χ0) is 19.4. The maximum atomic E-state index is 12.6. The number of nitrogens with zero attached hydrogens (tertiary/aromatic N) is 2. The number of hydrogen-bond donors (Lipinski definition) is 1. The van der Waals surface area contributed by atoms with Gasteiger partial charge in [-0.15, -0.1) is 0 Å². The van der Waals surface area contributed by atoms with Gasteiger partial charge in [0, 0.05) is 36.8 Å². The normalized spacial score (nSPS) is 12.3. The Bertz CT molecular complexity index is 936. The van der Waals surface area contributed by atoms with Crippen molar-refractivity contribution in [2.24, 2.45) is 5.92 Å². The van der Waals surface area contributed by atoms with Crippen LogP contribution in [0.4, 0.5) is 0 Å². The van der Waals surface area contributed by atoms with Gasteiger partial charge in [0.1, 0.15) is 11.4 Å². The van der Waals surface area contributed by atoms with E-state index in [9.17, 15) is 4.79 Å². The van der Waals surface area contributed by atoms with Gasteiger partial charge < -0.3 is 14.5 Å². The third kappa shape index (κ3) is 4.42. The predicted octanol–water partition coefficient (Wildman–Crippen LogP) is 4.29. The van der Waals surface area contributed by atoms with Crippen molar-refractivity contribution in [1.29, 1.82) is 0 Å². The van der Waals surface area contributed by atoms with Crippen molar-refractivity contribution in [1.82, 2.24) is 14.7 Å². The summed E-state index contributed by atoms with van der Waals surface area (Å²) in [7, 11) is 1.64. The van der Waals surface area contributed by atoms with Crippen molar-refractivity contribution in [2.75, 3.05) is 13.7 Å². The van der Waals surface area contributed by atoms with Crippen molar-refractivity contribution >= 4 is 23.2 Å². The molecule has 0 saturated heterocycles. The lowest BCUT2D eigenvalue weighted by Gasteiger charge is -2.20. The van der Waals surface area contributed by atoms with E-state index >= 15 is 0 Å². The topological polar surface area (TPSA) is 55.6 Å². The van der Waals surface area contributed by atoms with Gasteiger partial charge >= 0.3 is 0 Å². The van der Waals surface area contributed by atoms with E-state index in [0.717, 1.165) is 22.7 Å². The molecule has 0 aliphatic carbocycles. The molecule has 0 spiro atoms. The Labute approximate surface area is 164 Å². The maximum absolute atomic E-state index is 12.6. The summed E-state index contributed by atoms with van der Waals surface area (Å²) in [6.07, 6.45) is 3.93. The summed E-state index contributed by atoms with van der Waals surface area (Å²) >= 11 is 6.19. The molecule has 2 aromatic heterocycles. The van der Waals surface area contributed by atoms with Gasteiger partial charge in [0.05, 0.1) is 17.8 Å². The summed E-state index contributed by atoms with van der Waals surface area (Å²) in [5.41, 5.74) is 2.63. The highest BCUT2D eigenvalue weighted by Crippen LogP contribution is 2.35.